The molecule has 3 aromatic rings. The third-order valence-corrected chi connectivity index (χ3v) is 5.53. The molecular formula is C22H23F3N4O2. The Kier molecular flexibility index (Phi) is 5.75. The van der Waals surface area contributed by atoms with Crippen LogP contribution >= 0.6 is 0 Å². The number of carbonyl (C=O) groups excluding carboxylic acids is 1. The quantitative estimate of drug-likeness (QED) is 0.622. The number of ether oxygens (including phenoxy) is 1. The zero-order valence-electron chi connectivity index (χ0n) is 16.9. The summed E-state index contributed by atoms with van der Waals surface area (Å²) in [5, 5.41) is 6.39. The molecule has 1 saturated carbocycles. The van der Waals surface area contributed by atoms with Gasteiger partial charge in [0.15, 0.2) is 5.69 Å². The molecule has 1 aliphatic rings. The zero-order valence-corrected chi connectivity index (χ0v) is 16.9. The van der Waals surface area contributed by atoms with E-state index in [1.54, 1.807) is 49.6 Å². The van der Waals surface area contributed by atoms with E-state index < -0.39 is 11.9 Å². The molecule has 0 bridgehead atoms. The summed E-state index contributed by atoms with van der Waals surface area (Å²) in [7, 11) is 1.56. The van der Waals surface area contributed by atoms with Gasteiger partial charge in [-0.3, -0.25) is 9.20 Å². The Bertz CT molecular complexity index is 1070. The molecule has 1 aliphatic carbocycles. The highest BCUT2D eigenvalue weighted by atomic mass is 19.4. The summed E-state index contributed by atoms with van der Waals surface area (Å²) in [5.41, 5.74) is -0.117. The Morgan fingerprint density at radius 3 is 2.52 bits per heavy atom. The third kappa shape index (κ3) is 4.76. The summed E-state index contributed by atoms with van der Waals surface area (Å²) < 4.78 is 45.6. The molecular weight excluding hydrogens is 409 g/mol. The molecule has 1 fully saturated rings. The van der Waals surface area contributed by atoms with Crippen LogP contribution in [0.2, 0.25) is 0 Å². The maximum atomic E-state index is 13.0. The van der Waals surface area contributed by atoms with E-state index in [0.717, 1.165) is 31.9 Å². The molecule has 2 heterocycles. The maximum Gasteiger partial charge on any atom is 0.434 e. The maximum absolute atomic E-state index is 13.0. The van der Waals surface area contributed by atoms with E-state index in [0.29, 0.717) is 17.1 Å². The number of benzene rings is 1. The van der Waals surface area contributed by atoms with Crippen LogP contribution in [0.5, 0.6) is 5.75 Å². The topological polar surface area (TPSA) is 67.7 Å². The molecule has 0 radical (unpaired) electrons. The lowest BCUT2D eigenvalue weighted by molar-refractivity contribution is -0.140. The van der Waals surface area contributed by atoms with Gasteiger partial charge >= 0.3 is 6.18 Å². The summed E-state index contributed by atoms with van der Waals surface area (Å²) in [6.45, 7) is 0. The first-order valence-corrected chi connectivity index (χ1v) is 10.1. The van der Waals surface area contributed by atoms with Crippen molar-refractivity contribution in [2.45, 2.75) is 43.9 Å². The third-order valence-electron chi connectivity index (χ3n) is 5.53. The normalized spacial score (nSPS) is 19.2. The molecule has 1 aromatic carbocycles. The van der Waals surface area contributed by atoms with E-state index in [1.807, 2.05) is 0 Å². The zero-order chi connectivity index (χ0) is 22.0. The van der Waals surface area contributed by atoms with Crippen LogP contribution in [-0.4, -0.2) is 34.5 Å². The largest absolute Gasteiger partial charge is 0.497 e. The number of anilines is 1. The van der Waals surface area contributed by atoms with Gasteiger partial charge in [-0.2, -0.15) is 13.2 Å². The van der Waals surface area contributed by atoms with Crippen molar-refractivity contribution in [1.82, 2.24) is 14.7 Å². The van der Waals surface area contributed by atoms with Gasteiger partial charge in [0.1, 0.15) is 17.2 Å². The fourth-order valence-corrected chi connectivity index (χ4v) is 3.89. The van der Waals surface area contributed by atoms with Crippen molar-refractivity contribution in [2.24, 2.45) is 0 Å². The van der Waals surface area contributed by atoms with Gasteiger partial charge in [-0.05, 0) is 56.0 Å². The van der Waals surface area contributed by atoms with Gasteiger partial charge in [-0.1, -0.05) is 12.1 Å². The number of fused-ring (bicyclic) bond motifs is 1. The highest BCUT2D eigenvalue weighted by Gasteiger charge is 2.34. The van der Waals surface area contributed by atoms with Crippen molar-refractivity contribution in [3.05, 3.63) is 59.9 Å². The Hall–Kier alpha value is -3.23. The number of aromatic nitrogens is 2. The molecule has 9 heteroatoms. The summed E-state index contributed by atoms with van der Waals surface area (Å²) in [6, 6.07) is 12.1. The molecule has 164 valence electrons. The number of halogens is 3. The van der Waals surface area contributed by atoms with Gasteiger partial charge in [-0.25, -0.2) is 4.98 Å². The van der Waals surface area contributed by atoms with Crippen LogP contribution in [0.3, 0.4) is 0 Å². The molecule has 2 N–H and O–H groups in total. The average Bonchev–Trinajstić information content (AvgIpc) is 3.21. The van der Waals surface area contributed by atoms with Crippen LogP contribution in [0.25, 0.3) is 5.65 Å². The average molecular weight is 432 g/mol. The first kappa shape index (κ1) is 21.0. The predicted molar refractivity (Wildman–Crippen MR) is 110 cm³/mol. The van der Waals surface area contributed by atoms with Crippen molar-refractivity contribution in [2.75, 3.05) is 12.4 Å². The van der Waals surface area contributed by atoms with Gasteiger partial charge in [0, 0.05) is 23.8 Å². The minimum absolute atomic E-state index is 0.0534. The number of carbonyl (C=O) groups is 1. The number of hydrogen-bond donors (Lipinski definition) is 2. The smallest absolute Gasteiger partial charge is 0.434 e. The van der Waals surface area contributed by atoms with E-state index in [2.05, 4.69) is 15.6 Å². The summed E-state index contributed by atoms with van der Waals surface area (Å²) in [4.78, 5) is 16.2. The fourth-order valence-electron chi connectivity index (χ4n) is 3.89. The minimum Gasteiger partial charge on any atom is -0.497 e. The van der Waals surface area contributed by atoms with Crippen LogP contribution < -0.4 is 15.4 Å². The van der Waals surface area contributed by atoms with Crippen molar-refractivity contribution < 1.29 is 22.7 Å². The Morgan fingerprint density at radius 1 is 1.10 bits per heavy atom. The SMILES string of the molecule is COc1cccc(C(=O)N[C@H]2CC[C@@H](Nc3cccc4nc(C(F)(F)F)cn34)CC2)c1. The molecule has 0 unspecified atom stereocenters. The molecule has 1 amide bonds. The molecule has 4 rings (SSSR count). The molecule has 31 heavy (non-hydrogen) atoms. The number of nitrogens with zero attached hydrogens (tertiary/aromatic N) is 2. The summed E-state index contributed by atoms with van der Waals surface area (Å²) >= 11 is 0. The minimum atomic E-state index is -4.48. The van der Waals surface area contributed by atoms with E-state index >= 15 is 0 Å². The second kappa shape index (κ2) is 8.49. The van der Waals surface area contributed by atoms with Gasteiger partial charge in [0.2, 0.25) is 0 Å². The Morgan fingerprint density at radius 2 is 1.81 bits per heavy atom. The van der Waals surface area contributed by atoms with Crippen LogP contribution in [0.4, 0.5) is 19.0 Å². The highest BCUT2D eigenvalue weighted by molar-refractivity contribution is 5.94. The van der Waals surface area contributed by atoms with Crippen LogP contribution in [0, 0.1) is 0 Å². The molecule has 0 atom stereocenters. The van der Waals surface area contributed by atoms with E-state index in [-0.39, 0.29) is 23.6 Å². The van der Waals surface area contributed by atoms with Crippen LogP contribution in [0.15, 0.2) is 48.7 Å². The Labute approximate surface area is 177 Å². The molecule has 0 spiro atoms. The van der Waals surface area contributed by atoms with E-state index in [9.17, 15) is 18.0 Å². The summed E-state index contributed by atoms with van der Waals surface area (Å²) in [5.74, 6) is 1.06. The van der Waals surface area contributed by atoms with Crippen LogP contribution in [-0.2, 0) is 6.18 Å². The monoisotopic (exact) mass is 432 g/mol. The lowest BCUT2D eigenvalue weighted by Gasteiger charge is -2.30. The van der Waals surface area contributed by atoms with Gasteiger partial charge in [-0.15, -0.1) is 0 Å². The molecule has 2 aromatic heterocycles. The van der Waals surface area contributed by atoms with Crippen molar-refractivity contribution in [3.8, 4) is 5.75 Å². The van der Waals surface area contributed by atoms with Crippen molar-refractivity contribution in [1.29, 1.82) is 0 Å². The second-order valence-electron chi connectivity index (χ2n) is 7.66. The first-order valence-electron chi connectivity index (χ1n) is 10.1. The van der Waals surface area contributed by atoms with Crippen LogP contribution in [0.1, 0.15) is 41.7 Å². The number of hydrogen-bond acceptors (Lipinski definition) is 4. The standard InChI is InChI=1S/C22H23F3N4O2/c1-31-17-5-2-4-14(12-17)21(30)27-16-10-8-15(9-11-16)26-19-6-3-7-20-28-18(13-29(19)20)22(23,24)25/h2-7,12-13,15-16,26H,8-11H2,1H3,(H,27,30)/t15-,16+. The number of methoxy groups -OCH3 is 1. The van der Waals surface area contributed by atoms with Gasteiger partial charge < -0.3 is 15.4 Å². The van der Waals surface area contributed by atoms with Crippen molar-refractivity contribution in [3.63, 3.8) is 0 Å². The number of pyridine rings is 1. The molecule has 0 saturated heterocycles. The van der Waals surface area contributed by atoms with Gasteiger partial charge in [0.05, 0.1) is 7.11 Å². The number of imidazole rings is 1. The van der Waals surface area contributed by atoms with E-state index in [4.69, 9.17) is 4.74 Å². The first-order chi connectivity index (χ1) is 14.8. The number of rotatable bonds is 5. The highest BCUT2D eigenvalue weighted by Crippen LogP contribution is 2.30. The Balaban J connectivity index is 1.36. The fraction of sp³-hybridized carbons (Fsp3) is 0.364. The van der Waals surface area contributed by atoms with Gasteiger partial charge in [0.25, 0.3) is 5.91 Å². The number of alkyl halides is 3. The molecule has 6 nitrogen and oxygen atoms in total. The lowest BCUT2D eigenvalue weighted by atomic mass is 9.91. The number of nitrogens with one attached hydrogen (secondary N) is 2. The second-order valence-corrected chi connectivity index (χ2v) is 7.66. The number of amides is 1. The lowest BCUT2D eigenvalue weighted by Crippen LogP contribution is -2.40. The van der Waals surface area contributed by atoms with E-state index in [1.165, 1.54) is 4.40 Å². The predicted octanol–water partition coefficient (Wildman–Crippen LogP) is 4.51. The van der Waals surface area contributed by atoms with Crippen molar-refractivity contribution >= 4 is 17.4 Å². The summed E-state index contributed by atoms with van der Waals surface area (Å²) in [6.07, 6.45) is -0.331. The molecule has 0 aliphatic heterocycles.